The van der Waals surface area contributed by atoms with Crippen LogP contribution in [0.25, 0.3) is 0 Å². The maximum Gasteiger partial charge on any atom is 0.335 e. The maximum absolute atomic E-state index is 11.4. The van der Waals surface area contributed by atoms with Gasteiger partial charge in [-0.2, -0.15) is 0 Å². The molecule has 1 aromatic rings. The fraction of sp³-hybridized carbons (Fsp3) is 0.682. The Morgan fingerprint density at radius 1 is 0.917 bits per heavy atom. The van der Waals surface area contributed by atoms with Crippen LogP contribution in [0.3, 0.4) is 0 Å². The molecular formula is C22H36O2. The van der Waals surface area contributed by atoms with Gasteiger partial charge >= 0.3 is 5.97 Å². The van der Waals surface area contributed by atoms with Crippen LogP contribution in [0.1, 0.15) is 112 Å². The van der Waals surface area contributed by atoms with E-state index in [9.17, 15) is 9.90 Å². The van der Waals surface area contributed by atoms with Crippen LogP contribution in [-0.2, 0) is 6.42 Å². The molecule has 0 fully saturated rings. The second-order valence-corrected chi connectivity index (χ2v) is 7.31. The molecule has 1 rings (SSSR count). The number of carbonyl (C=O) groups is 1. The standard InChI is InChI=1S/C22H36O2/c1-4-5-6-7-8-9-10-11-12-13-14-20-17-19(18(2)3)15-16-21(20)22(23)24/h15-18H,4-14H2,1-3H3,(H,23,24). The van der Waals surface area contributed by atoms with Crippen molar-refractivity contribution < 1.29 is 9.90 Å². The SMILES string of the molecule is CCCCCCCCCCCCc1cc(C(C)C)ccc1C(=O)O. The Kier molecular flexibility index (Phi) is 10.5. The Labute approximate surface area is 148 Å². The molecule has 0 heterocycles. The zero-order valence-electron chi connectivity index (χ0n) is 15.9. The molecular weight excluding hydrogens is 296 g/mol. The molecule has 0 spiro atoms. The molecule has 0 saturated carbocycles. The lowest BCUT2D eigenvalue weighted by Gasteiger charge is -2.11. The van der Waals surface area contributed by atoms with Gasteiger partial charge in [0.05, 0.1) is 5.56 Å². The van der Waals surface area contributed by atoms with Crippen LogP contribution >= 0.6 is 0 Å². The molecule has 0 amide bonds. The number of carboxylic acids is 1. The summed E-state index contributed by atoms with van der Waals surface area (Å²) in [7, 11) is 0. The smallest absolute Gasteiger partial charge is 0.335 e. The number of hydrogen-bond donors (Lipinski definition) is 1. The first-order valence-electron chi connectivity index (χ1n) is 9.92. The third-order valence-corrected chi connectivity index (χ3v) is 4.83. The van der Waals surface area contributed by atoms with E-state index in [0.29, 0.717) is 11.5 Å². The number of carboxylic acid groups (broad SMARTS) is 1. The van der Waals surface area contributed by atoms with E-state index < -0.39 is 5.97 Å². The van der Waals surface area contributed by atoms with Crippen LogP contribution in [0.4, 0.5) is 0 Å². The molecule has 0 aliphatic heterocycles. The van der Waals surface area contributed by atoms with E-state index in [1.165, 1.54) is 63.4 Å². The molecule has 0 unspecified atom stereocenters. The minimum Gasteiger partial charge on any atom is -0.478 e. The van der Waals surface area contributed by atoms with Crippen LogP contribution in [0.15, 0.2) is 18.2 Å². The highest BCUT2D eigenvalue weighted by Gasteiger charge is 2.11. The zero-order valence-corrected chi connectivity index (χ0v) is 15.9. The normalized spacial score (nSPS) is 11.2. The molecule has 0 radical (unpaired) electrons. The van der Waals surface area contributed by atoms with Crippen molar-refractivity contribution >= 4 is 5.97 Å². The predicted octanol–water partition coefficient (Wildman–Crippen LogP) is 6.97. The van der Waals surface area contributed by atoms with Crippen LogP contribution in [0.2, 0.25) is 0 Å². The van der Waals surface area contributed by atoms with E-state index in [-0.39, 0.29) is 0 Å². The first-order valence-corrected chi connectivity index (χ1v) is 9.92. The molecule has 0 aromatic heterocycles. The van der Waals surface area contributed by atoms with Gasteiger partial charge in [0.2, 0.25) is 0 Å². The number of benzene rings is 1. The number of aromatic carboxylic acids is 1. The summed E-state index contributed by atoms with van der Waals surface area (Å²) in [6, 6.07) is 5.83. The molecule has 1 N–H and O–H groups in total. The van der Waals surface area contributed by atoms with Gasteiger partial charge in [0, 0.05) is 0 Å². The summed E-state index contributed by atoms with van der Waals surface area (Å²) in [5.41, 5.74) is 2.73. The fourth-order valence-corrected chi connectivity index (χ4v) is 3.19. The van der Waals surface area contributed by atoms with Crippen molar-refractivity contribution in [2.45, 2.75) is 97.3 Å². The van der Waals surface area contributed by atoms with Crippen molar-refractivity contribution in [3.63, 3.8) is 0 Å². The quantitative estimate of drug-likeness (QED) is 0.396. The highest BCUT2D eigenvalue weighted by Crippen LogP contribution is 2.21. The van der Waals surface area contributed by atoms with Crippen molar-refractivity contribution in [1.29, 1.82) is 0 Å². The first kappa shape index (κ1) is 20.7. The summed E-state index contributed by atoms with van der Waals surface area (Å²) in [5.74, 6) is -0.355. The summed E-state index contributed by atoms with van der Waals surface area (Å²) in [5, 5.41) is 9.36. The van der Waals surface area contributed by atoms with Gasteiger partial charge in [0.15, 0.2) is 0 Å². The second kappa shape index (κ2) is 12.1. The Morgan fingerprint density at radius 2 is 1.46 bits per heavy atom. The molecule has 0 aliphatic rings. The van der Waals surface area contributed by atoms with Gasteiger partial charge in [-0.3, -0.25) is 0 Å². The number of rotatable bonds is 13. The highest BCUT2D eigenvalue weighted by molar-refractivity contribution is 5.89. The van der Waals surface area contributed by atoms with Gasteiger partial charge in [0.25, 0.3) is 0 Å². The zero-order chi connectivity index (χ0) is 17.8. The van der Waals surface area contributed by atoms with Gasteiger partial charge < -0.3 is 5.11 Å². The molecule has 2 heteroatoms. The predicted molar refractivity (Wildman–Crippen MR) is 103 cm³/mol. The maximum atomic E-state index is 11.4. The topological polar surface area (TPSA) is 37.3 Å². The highest BCUT2D eigenvalue weighted by atomic mass is 16.4. The molecule has 0 atom stereocenters. The first-order chi connectivity index (χ1) is 11.6. The van der Waals surface area contributed by atoms with Gasteiger partial charge in [-0.25, -0.2) is 4.79 Å². The van der Waals surface area contributed by atoms with E-state index in [2.05, 4.69) is 26.8 Å². The lowest BCUT2D eigenvalue weighted by atomic mass is 9.94. The molecule has 24 heavy (non-hydrogen) atoms. The van der Waals surface area contributed by atoms with Gasteiger partial charge in [0.1, 0.15) is 0 Å². The Bertz CT molecular complexity index is 477. The average molecular weight is 333 g/mol. The van der Waals surface area contributed by atoms with Crippen LogP contribution in [0, 0.1) is 0 Å². The number of unbranched alkanes of at least 4 members (excludes halogenated alkanes) is 9. The average Bonchev–Trinajstić information content (AvgIpc) is 2.56. The molecule has 0 bridgehead atoms. The third-order valence-electron chi connectivity index (χ3n) is 4.83. The molecule has 1 aromatic carbocycles. The van der Waals surface area contributed by atoms with Crippen molar-refractivity contribution in [2.24, 2.45) is 0 Å². The summed E-state index contributed by atoms with van der Waals surface area (Å²) >= 11 is 0. The summed E-state index contributed by atoms with van der Waals surface area (Å²) in [6.45, 7) is 6.56. The molecule has 0 saturated heterocycles. The van der Waals surface area contributed by atoms with Crippen LogP contribution in [0.5, 0.6) is 0 Å². The fourth-order valence-electron chi connectivity index (χ4n) is 3.19. The Hall–Kier alpha value is -1.31. The van der Waals surface area contributed by atoms with Crippen molar-refractivity contribution in [3.05, 3.63) is 34.9 Å². The minimum absolute atomic E-state index is 0.444. The van der Waals surface area contributed by atoms with Crippen LogP contribution in [-0.4, -0.2) is 11.1 Å². The third kappa shape index (κ3) is 7.99. The summed E-state index contributed by atoms with van der Waals surface area (Å²) < 4.78 is 0. The van der Waals surface area contributed by atoms with E-state index in [4.69, 9.17) is 0 Å². The summed E-state index contributed by atoms with van der Waals surface area (Å²) in [4.78, 5) is 11.4. The van der Waals surface area contributed by atoms with Crippen molar-refractivity contribution in [3.8, 4) is 0 Å². The largest absolute Gasteiger partial charge is 0.478 e. The lowest BCUT2D eigenvalue weighted by Crippen LogP contribution is -2.04. The van der Waals surface area contributed by atoms with E-state index in [1.54, 1.807) is 6.07 Å². The van der Waals surface area contributed by atoms with E-state index in [0.717, 1.165) is 18.4 Å². The molecule has 2 nitrogen and oxygen atoms in total. The second-order valence-electron chi connectivity index (χ2n) is 7.31. The van der Waals surface area contributed by atoms with Gasteiger partial charge in [-0.15, -0.1) is 0 Å². The van der Waals surface area contributed by atoms with Crippen LogP contribution < -0.4 is 0 Å². The van der Waals surface area contributed by atoms with Gasteiger partial charge in [-0.05, 0) is 36.0 Å². The summed E-state index contributed by atoms with van der Waals surface area (Å²) in [6.07, 6.45) is 14.0. The Balaban J connectivity index is 2.29. The lowest BCUT2D eigenvalue weighted by molar-refractivity contribution is 0.0695. The Morgan fingerprint density at radius 3 is 1.96 bits per heavy atom. The monoisotopic (exact) mass is 332 g/mol. The van der Waals surface area contributed by atoms with Crippen molar-refractivity contribution in [1.82, 2.24) is 0 Å². The minimum atomic E-state index is -0.799. The van der Waals surface area contributed by atoms with E-state index in [1.807, 2.05) is 6.07 Å². The number of hydrogen-bond acceptors (Lipinski definition) is 1. The van der Waals surface area contributed by atoms with Crippen molar-refractivity contribution in [2.75, 3.05) is 0 Å². The van der Waals surface area contributed by atoms with Gasteiger partial charge in [-0.1, -0.05) is 90.7 Å². The number of aryl methyl sites for hydroxylation is 1. The molecule has 0 aliphatic carbocycles. The van der Waals surface area contributed by atoms with E-state index >= 15 is 0 Å². The molecule has 136 valence electrons.